The average molecular weight is 265 g/mol. The van der Waals surface area contributed by atoms with Crippen LogP contribution in [0, 0.1) is 11.8 Å². The monoisotopic (exact) mass is 265 g/mol. The number of hydrogen-bond donors (Lipinski definition) is 1. The van der Waals surface area contributed by atoms with Gasteiger partial charge in [-0.25, -0.2) is 0 Å². The molecule has 1 amide bonds. The summed E-state index contributed by atoms with van der Waals surface area (Å²) in [7, 11) is 1.92. The number of rotatable bonds is 2. The fourth-order valence-corrected chi connectivity index (χ4v) is 4.25. The Morgan fingerprint density at radius 3 is 2.56 bits per heavy atom. The maximum absolute atomic E-state index is 12.3. The van der Waals surface area contributed by atoms with Gasteiger partial charge in [0.25, 0.3) is 5.91 Å². The van der Waals surface area contributed by atoms with E-state index in [4.69, 9.17) is 0 Å². The van der Waals surface area contributed by atoms with Crippen molar-refractivity contribution in [2.75, 3.05) is 7.05 Å². The highest BCUT2D eigenvalue weighted by Gasteiger charge is 2.43. The van der Waals surface area contributed by atoms with Crippen LogP contribution in [0.4, 0.5) is 0 Å². The van der Waals surface area contributed by atoms with E-state index in [-0.39, 0.29) is 12.0 Å². The standard InChI is InChI=1S/C14H19NO2S/c1-15(14(17)9-2-3-18-8-9)12-4-10-6-13(16)7-11(10)5-12/h2-3,8,10-13,16H,4-7H2,1H3/t10-,11+,12?,13?. The zero-order valence-corrected chi connectivity index (χ0v) is 11.4. The molecule has 18 heavy (non-hydrogen) atoms. The van der Waals surface area contributed by atoms with Crippen molar-refractivity contribution in [2.24, 2.45) is 11.8 Å². The lowest BCUT2D eigenvalue weighted by Gasteiger charge is -2.25. The van der Waals surface area contributed by atoms with Crippen LogP contribution in [0.5, 0.6) is 0 Å². The Labute approximate surface area is 111 Å². The van der Waals surface area contributed by atoms with E-state index >= 15 is 0 Å². The molecule has 4 heteroatoms. The molecule has 4 atom stereocenters. The Bertz CT molecular complexity index is 417. The summed E-state index contributed by atoms with van der Waals surface area (Å²) in [5, 5.41) is 13.5. The maximum Gasteiger partial charge on any atom is 0.254 e. The number of aliphatic hydroxyl groups is 1. The van der Waals surface area contributed by atoms with Crippen LogP contribution in [0.15, 0.2) is 16.8 Å². The molecule has 3 rings (SSSR count). The topological polar surface area (TPSA) is 40.5 Å². The van der Waals surface area contributed by atoms with Gasteiger partial charge < -0.3 is 10.0 Å². The molecular formula is C14H19NO2S. The van der Waals surface area contributed by atoms with Crippen LogP contribution in [-0.4, -0.2) is 35.1 Å². The Morgan fingerprint density at radius 1 is 1.33 bits per heavy atom. The van der Waals surface area contributed by atoms with E-state index in [1.54, 1.807) is 11.3 Å². The third-order valence-corrected chi connectivity index (χ3v) is 5.29. The Balaban J connectivity index is 1.65. The number of aliphatic hydroxyl groups excluding tert-OH is 1. The number of amides is 1. The minimum Gasteiger partial charge on any atom is -0.393 e. The number of fused-ring (bicyclic) bond motifs is 1. The van der Waals surface area contributed by atoms with Crippen molar-refractivity contribution >= 4 is 17.2 Å². The van der Waals surface area contributed by atoms with Crippen molar-refractivity contribution in [3.8, 4) is 0 Å². The van der Waals surface area contributed by atoms with Crippen molar-refractivity contribution in [3.63, 3.8) is 0 Å². The van der Waals surface area contributed by atoms with Crippen molar-refractivity contribution < 1.29 is 9.90 Å². The first kappa shape index (κ1) is 12.2. The van der Waals surface area contributed by atoms with E-state index in [0.29, 0.717) is 17.9 Å². The summed E-state index contributed by atoms with van der Waals surface area (Å²) in [6.45, 7) is 0. The minimum atomic E-state index is -0.0983. The first-order chi connectivity index (χ1) is 8.65. The van der Waals surface area contributed by atoms with Gasteiger partial charge in [0, 0.05) is 18.5 Å². The molecule has 2 unspecified atom stereocenters. The number of thiophene rings is 1. The summed E-state index contributed by atoms with van der Waals surface area (Å²) >= 11 is 1.56. The van der Waals surface area contributed by atoms with Crippen molar-refractivity contribution in [2.45, 2.75) is 37.8 Å². The molecular weight excluding hydrogens is 246 g/mol. The van der Waals surface area contributed by atoms with Gasteiger partial charge in [-0.2, -0.15) is 11.3 Å². The molecule has 1 N–H and O–H groups in total. The predicted octanol–water partition coefficient (Wildman–Crippen LogP) is 2.37. The second-order valence-corrected chi connectivity index (χ2v) is 6.48. The molecule has 0 bridgehead atoms. The lowest BCUT2D eigenvalue weighted by molar-refractivity contribution is 0.0723. The molecule has 0 radical (unpaired) electrons. The number of hydrogen-bond acceptors (Lipinski definition) is 3. The molecule has 0 aliphatic heterocycles. The minimum absolute atomic E-state index is 0.0983. The molecule has 2 saturated carbocycles. The predicted molar refractivity (Wildman–Crippen MR) is 71.7 cm³/mol. The van der Waals surface area contributed by atoms with Gasteiger partial charge in [-0.1, -0.05) is 0 Å². The normalized spacial score (nSPS) is 34.6. The van der Waals surface area contributed by atoms with Gasteiger partial charge in [0.1, 0.15) is 0 Å². The highest BCUT2D eigenvalue weighted by atomic mass is 32.1. The van der Waals surface area contributed by atoms with Crippen LogP contribution >= 0.6 is 11.3 Å². The van der Waals surface area contributed by atoms with Crippen molar-refractivity contribution in [1.82, 2.24) is 4.90 Å². The Morgan fingerprint density at radius 2 is 2.00 bits per heavy atom. The van der Waals surface area contributed by atoms with Gasteiger partial charge in [-0.05, 0) is 49.0 Å². The largest absolute Gasteiger partial charge is 0.393 e. The van der Waals surface area contributed by atoms with Gasteiger partial charge in [0.2, 0.25) is 0 Å². The molecule has 1 heterocycles. The highest BCUT2D eigenvalue weighted by Crippen LogP contribution is 2.45. The molecule has 1 aromatic rings. The van der Waals surface area contributed by atoms with Crippen molar-refractivity contribution in [1.29, 1.82) is 0 Å². The van der Waals surface area contributed by atoms with E-state index in [1.165, 1.54) is 0 Å². The summed E-state index contributed by atoms with van der Waals surface area (Å²) in [5.74, 6) is 1.40. The molecule has 0 aromatic carbocycles. The molecule has 2 aliphatic carbocycles. The summed E-state index contributed by atoms with van der Waals surface area (Å²) in [5.41, 5.74) is 0.805. The van der Waals surface area contributed by atoms with Gasteiger partial charge in [-0.15, -0.1) is 0 Å². The van der Waals surface area contributed by atoms with Crippen LogP contribution in [0.25, 0.3) is 0 Å². The maximum atomic E-state index is 12.3. The van der Waals surface area contributed by atoms with Crippen LogP contribution in [0.3, 0.4) is 0 Å². The zero-order chi connectivity index (χ0) is 12.7. The average Bonchev–Trinajstić information content (AvgIpc) is 3.00. The Kier molecular flexibility index (Phi) is 3.16. The second-order valence-electron chi connectivity index (χ2n) is 5.70. The van der Waals surface area contributed by atoms with Crippen LogP contribution < -0.4 is 0 Å². The number of nitrogens with zero attached hydrogens (tertiary/aromatic N) is 1. The van der Waals surface area contributed by atoms with E-state index in [1.807, 2.05) is 28.8 Å². The third-order valence-electron chi connectivity index (χ3n) is 4.60. The van der Waals surface area contributed by atoms with E-state index < -0.39 is 0 Å². The van der Waals surface area contributed by atoms with Crippen LogP contribution in [-0.2, 0) is 0 Å². The first-order valence-electron chi connectivity index (χ1n) is 6.62. The summed E-state index contributed by atoms with van der Waals surface area (Å²) in [6, 6.07) is 2.25. The number of carbonyl (C=O) groups is 1. The third kappa shape index (κ3) is 2.08. The molecule has 1 aromatic heterocycles. The second kappa shape index (κ2) is 4.67. The quantitative estimate of drug-likeness (QED) is 0.892. The summed E-state index contributed by atoms with van der Waals surface area (Å²) in [6.07, 6.45) is 3.89. The van der Waals surface area contributed by atoms with Crippen molar-refractivity contribution in [3.05, 3.63) is 22.4 Å². The number of carbonyl (C=O) groups excluding carboxylic acids is 1. The van der Waals surface area contributed by atoms with Crippen LogP contribution in [0.2, 0.25) is 0 Å². The van der Waals surface area contributed by atoms with E-state index in [2.05, 4.69) is 0 Å². The molecule has 2 fully saturated rings. The zero-order valence-electron chi connectivity index (χ0n) is 10.6. The van der Waals surface area contributed by atoms with E-state index in [9.17, 15) is 9.90 Å². The lowest BCUT2D eigenvalue weighted by Crippen LogP contribution is -2.35. The molecule has 0 spiro atoms. The fourth-order valence-electron chi connectivity index (χ4n) is 3.62. The Hall–Kier alpha value is -0.870. The summed E-state index contributed by atoms with van der Waals surface area (Å²) < 4.78 is 0. The lowest BCUT2D eigenvalue weighted by atomic mass is 10.0. The van der Waals surface area contributed by atoms with Gasteiger partial charge in [-0.3, -0.25) is 4.79 Å². The van der Waals surface area contributed by atoms with Gasteiger partial charge in [0.05, 0.1) is 11.7 Å². The molecule has 98 valence electrons. The van der Waals surface area contributed by atoms with E-state index in [0.717, 1.165) is 31.2 Å². The summed E-state index contributed by atoms with van der Waals surface area (Å²) in [4.78, 5) is 14.2. The molecule has 0 saturated heterocycles. The first-order valence-corrected chi connectivity index (χ1v) is 7.57. The SMILES string of the molecule is CN(C(=O)c1ccsc1)C1C[C@H]2CC(O)C[C@H]2C1. The fraction of sp³-hybridized carbons (Fsp3) is 0.643. The smallest absolute Gasteiger partial charge is 0.254 e. The van der Waals surface area contributed by atoms with Gasteiger partial charge in [0.15, 0.2) is 0 Å². The molecule has 3 nitrogen and oxygen atoms in total. The van der Waals surface area contributed by atoms with Gasteiger partial charge >= 0.3 is 0 Å². The highest BCUT2D eigenvalue weighted by molar-refractivity contribution is 7.08. The molecule has 2 aliphatic rings. The van der Waals surface area contributed by atoms with Crippen LogP contribution in [0.1, 0.15) is 36.0 Å².